The van der Waals surface area contributed by atoms with Crippen LogP contribution in [0.2, 0.25) is 0 Å². The number of primary amides is 1. The first-order valence-corrected chi connectivity index (χ1v) is 12.2. The third-order valence-corrected chi connectivity index (χ3v) is 5.66. The van der Waals surface area contributed by atoms with Crippen molar-refractivity contribution >= 4 is 39.5 Å². The molecule has 0 aromatic heterocycles. The number of halogens is 5. The van der Waals surface area contributed by atoms with Gasteiger partial charge < -0.3 is 25.8 Å². The largest absolute Gasteiger partial charge is 0.493 e. The molecule has 3 amide bonds. The number of alkyl carbamates (subject to hydrolysis) is 1. The summed E-state index contributed by atoms with van der Waals surface area (Å²) >= 11 is 2.93. The summed E-state index contributed by atoms with van der Waals surface area (Å²) in [4.78, 5) is 36.2. The van der Waals surface area contributed by atoms with Gasteiger partial charge in [0.15, 0.2) is 0 Å². The van der Waals surface area contributed by atoms with Gasteiger partial charge in [-0.05, 0) is 61.3 Å². The second-order valence-corrected chi connectivity index (χ2v) is 10.2. The molecule has 13 heteroatoms. The summed E-state index contributed by atoms with van der Waals surface area (Å²) < 4.78 is 65.4. The van der Waals surface area contributed by atoms with Crippen molar-refractivity contribution in [1.29, 1.82) is 0 Å². The van der Waals surface area contributed by atoms with Crippen molar-refractivity contribution in [2.24, 2.45) is 11.7 Å². The first-order valence-electron chi connectivity index (χ1n) is 11.4. The van der Waals surface area contributed by atoms with Crippen LogP contribution in [0.3, 0.4) is 0 Å². The van der Waals surface area contributed by atoms with Crippen LogP contribution in [0.5, 0.6) is 5.75 Å². The minimum absolute atomic E-state index is 0.0222. The smallest absolute Gasteiger partial charge is 0.419 e. The molecule has 0 aliphatic heterocycles. The van der Waals surface area contributed by atoms with Gasteiger partial charge in [0, 0.05) is 18.0 Å². The van der Waals surface area contributed by atoms with Crippen molar-refractivity contribution in [2.45, 2.75) is 52.4 Å². The van der Waals surface area contributed by atoms with Gasteiger partial charge >= 0.3 is 12.3 Å². The highest BCUT2D eigenvalue weighted by Gasteiger charge is 2.35. The number of nitrogens with two attached hydrogens (primary N) is 1. The number of carbonyl (C=O) groups is 3. The molecule has 1 atom stereocenters. The van der Waals surface area contributed by atoms with Crippen LogP contribution in [0.25, 0.3) is 0 Å². The van der Waals surface area contributed by atoms with Crippen molar-refractivity contribution in [3.05, 3.63) is 57.3 Å². The van der Waals surface area contributed by atoms with Crippen LogP contribution < -0.4 is 21.1 Å². The third kappa shape index (κ3) is 8.89. The van der Waals surface area contributed by atoms with Crippen molar-refractivity contribution < 1.29 is 41.4 Å². The summed E-state index contributed by atoms with van der Waals surface area (Å²) in [5.41, 5.74) is 3.22. The van der Waals surface area contributed by atoms with Crippen molar-refractivity contribution in [3.8, 4) is 5.75 Å². The van der Waals surface area contributed by atoms with Gasteiger partial charge in [-0.2, -0.15) is 13.2 Å². The van der Waals surface area contributed by atoms with Crippen LogP contribution in [-0.2, 0) is 22.3 Å². The number of alkyl halides is 3. The van der Waals surface area contributed by atoms with E-state index in [1.165, 1.54) is 19.1 Å². The number of anilines is 1. The summed E-state index contributed by atoms with van der Waals surface area (Å²) in [6.07, 6.45) is -5.58. The lowest BCUT2D eigenvalue weighted by Crippen LogP contribution is -2.32. The number of hydrogen-bond donors (Lipinski definition) is 3. The van der Waals surface area contributed by atoms with Gasteiger partial charge in [0.25, 0.3) is 5.91 Å². The van der Waals surface area contributed by atoms with Crippen LogP contribution in [0.4, 0.5) is 28.0 Å². The summed E-state index contributed by atoms with van der Waals surface area (Å²) in [6, 6.07) is 5.45. The van der Waals surface area contributed by atoms with Gasteiger partial charge in [-0.3, -0.25) is 9.59 Å². The normalized spacial score (nSPS) is 12.4. The molecule has 0 aliphatic carbocycles. The zero-order chi connectivity index (χ0) is 28.8. The molecule has 0 bridgehead atoms. The Labute approximate surface area is 225 Å². The van der Waals surface area contributed by atoms with E-state index in [-0.39, 0.29) is 40.9 Å². The molecule has 2 aromatic rings. The topological polar surface area (TPSA) is 120 Å². The molecule has 2 aromatic carbocycles. The Bertz CT molecular complexity index is 1200. The highest BCUT2D eigenvalue weighted by atomic mass is 79.9. The van der Waals surface area contributed by atoms with Crippen LogP contribution in [0, 0.1) is 11.7 Å². The summed E-state index contributed by atoms with van der Waals surface area (Å²) in [5.74, 6) is -3.56. The maximum Gasteiger partial charge on any atom is 0.419 e. The zero-order valence-corrected chi connectivity index (χ0v) is 22.7. The minimum atomic E-state index is -4.74. The van der Waals surface area contributed by atoms with Crippen LogP contribution in [0.1, 0.15) is 55.6 Å². The van der Waals surface area contributed by atoms with Crippen molar-refractivity contribution in [3.63, 3.8) is 0 Å². The fourth-order valence-corrected chi connectivity index (χ4v) is 3.52. The quantitative estimate of drug-likeness (QED) is 0.313. The van der Waals surface area contributed by atoms with Crippen molar-refractivity contribution in [1.82, 2.24) is 5.32 Å². The first kappa shape index (κ1) is 30.9. The van der Waals surface area contributed by atoms with E-state index in [0.29, 0.717) is 0 Å². The second kappa shape index (κ2) is 12.5. The number of ether oxygens (including phenoxy) is 2. The standard InChI is InChI=1S/C25H28BrF4N3O5/c1-13(22(35)33-19-11-18(27)17(26)10-15(19)21(31)34)8-9-37-20-14(6-5-7-16(20)25(28,29)30)12-32-23(36)38-24(2,3)4/h5-7,10-11,13H,8-9,12H2,1-4H3,(H2,31,34)(H,32,36)(H,33,35). The Morgan fingerprint density at radius 1 is 1.13 bits per heavy atom. The highest BCUT2D eigenvalue weighted by molar-refractivity contribution is 9.10. The second-order valence-electron chi connectivity index (χ2n) is 9.35. The lowest BCUT2D eigenvalue weighted by atomic mass is 10.1. The Hall–Kier alpha value is -3.35. The Balaban J connectivity index is 2.13. The Morgan fingerprint density at radius 2 is 1.79 bits per heavy atom. The van der Waals surface area contributed by atoms with Gasteiger partial charge in [0.05, 0.1) is 27.9 Å². The van der Waals surface area contributed by atoms with Crippen molar-refractivity contribution in [2.75, 3.05) is 11.9 Å². The number of benzene rings is 2. The zero-order valence-electron chi connectivity index (χ0n) is 21.1. The summed E-state index contributed by atoms with van der Waals surface area (Å²) in [5, 5.41) is 4.81. The molecule has 0 spiro atoms. The van der Waals surface area contributed by atoms with Crippen LogP contribution >= 0.6 is 15.9 Å². The summed E-state index contributed by atoms with van der Waals surface area (Å²) in [6.45, 7) is 5.83. The van der Waals surface area contributed by atoms with Crippen LogP contribution in [0.15, 0.2) is 34.8 Å². The number of rotatable bonds is 9. The van der Waals surface area contributed by atoms with Gasteiger partial charge in [-0.1, -0.05) is 19.1 Å². The summed E-state index contributed by atoms with van der Waals surface area (Å²) in [7, 11) is 0. The predicted octanol–water partition coefficient (Wildman–Crippen LogP) is 5.77. The maximum absolute atomic E-state index is 13.9. The predicted molar refractivity (Wildman–Crippen MR) is 135 cm³/mol. The van der Waals surface area contributed by atoms with Gasteiger partial charge in [-0.15, -0.1) is 0 Å². The first-order chi connectivity index (χ1) is 17.5. The van der Waals surface area contributed by atoms with Crippen LogP contribution in [-0.4, -0.2) is 30.1 Å². The van der Waals surface area contributed by atoms with E-state index in [9.17, 15) is 31.9 Å². The number of para-hydroxylation sites is 1. The van der Waals surface area contributed by atoms with E-state index in [0.717, 1.165) is 18.2 Å². The molecule has 1 unspecified atom stereocenters. The molecule has 0 aliphatic rings. The minimum Gasteiger partial charge on any atom is -0.493 e. The lowest BCUT2D eigenvalue weighted by molar-refractivity contribution is -0.139. The average Bonchev–Trinajstić information content (AvgIpc) is 2.78. The highest BCUT2D eigenvalue weighted by Crippen LogP contribution is 2.38. The number of amides is 3. The monoisotopic (exact) mass is 605 g/mol. The van der Waals surface area contributed by atoms with Gasteiger partial charge in [0.2, 0.25) is 5.91 Å². The molecule has 8 nitrogen and oxygen atoms in total. The molecule has 0 fully saturated rings. The molecule has 208 valence electrons. The molecule has 38 heavy (non-hydrogen) atoms. The van der Waals surface area contributed by atoms with Gasteiger partial charge in [0.1, 0.15) is 17.2 Å². The van der Waals surface area contributed by atoms with E-state index in [1.54, 1.807) is 20.8 Å². The molecule has 2 rings (SSSR count). The molecule has 4 N–H and O–H groups in total. The van der Waals surface area contributed by atoms with E-state index in [4.69, 9.17) is 15.2 Å². The lowest BCUT2D eigenvalue weighted by Gasteiger charge is -2.21. The number of nitrogens with one attached hydrogen (secondary N) is 2. The molecular formula is C25H28BrF4N3O5. The average molecular weight is 606 g/mol. The van der Waals surface area contributed by atoms with E-state index < -0.39 is 52.7 Å². The molecule has 0 saturated carbocycles. The molecule has 0 saturated heterocycles. The van der Waals surface area contributed by atoms with E-state index in [2.05, 4.69) is 26.6 Å². The SMILES string of the molecule is CC(CCOc1c(CNC(=O)OC(C)(C)C)cccc1C(F)(F)F)C(=O)Nc1cc(F)c(Br)cc1C(N)=O. The number of hydrogen-bond acceptors (Lipinski definition) is 5. The maximum atomic E-state index is 13.9. The fraction of sp³-hybridized carbons (Fsp3) is 0.400. The number of carbonyl (C=O) groups excluding carboxylic acids is 3. The third-order valence-electron chi connectivity index (χ3n) is 5.05. The fourth-order valence-electron chi connectivity index (χ4n) is 3.18. The van der Waals surface area contributed by atoms with E-state index >= 15 is 0 Å². The molecular weight excluding hydrogens is 578 g/mol. The Kier molecular flexibility index (Phi) is 10.1. The Morgan fingerprint density at radius 3 is 2.37 bits per heavy atom. The molecule has 0 heterocycles. The van der Waals surface area contributed by atoms with E-state index in [1.807, 2.05) is 0 Å². The van der Waals surface area contributed by atoms with Gasteiger partial charge in [-0.25, -0.2) is 9.18 Å². The molecule has 0 radical (unpaired) electrons.